The number of para-hydroxylation sites is 1. The summed E-state index contributed by atoms with van der Waals surface area (Å²) in [5.74, 6) is -1.72. The zero-order chi connectivity index (χ0) is 16.0. The Kier molecular flexibility index (Phi) is 6.07. The van der Waals surface area contributed by atoms with Gasteiger partial charge in [-0.1, -0.05) is 6.07 Å². The van der Waals surface area contributed by atoms with Crippen LogP contribution in [0, 0.1) is 10.1 Å². The van der Waals surface area contributed by atoms with Crippen LogP contribution in [-0.4, -0.2) is 46.5 Å². The summed E-state index contributed by atoms with van der Waals surface area (Å²) >= 11 is 0. The quantitative estimate of drug-likeness (QED) is 0.550. The average molecular weight is 299 g/mol. The highest BCUT2D eigenvalue weighted by atomic mass is 16.6. The summed E-state index contributed by atoms with van der Waals surface area (Å²) < 4.78 is 10.3. The SMILES string of the molecule is CC(C)OCC(O)COc1c(C(=O)O)cccc1[N+](=O)[O-]. The van der Waals surface area contributed by atoms with E-state index in [1.54, 1.807) is 13.8 Å². The second-order valence-corrected chi connectivity index (χ2v) is 4.56. The first-order valence-corrected chi connectivity index (χ1v) is 6.26. The normalized spacial score (nSPS) is 12.2. The fourth-order valence-electron chi connectivity index (χ4n) is 1.52. The van der Waals surface area contributed by atoms with E-state index in [0.717, 1.165) is 6.07 Å². The third-order valence-corrected chi connectivity index (χ3v) is 2.46. The molecule has 0 fully saturated rings. The van der Waals surface area contributed by atoms with E-state index in [9.17, 15) is 20.0 Å². The van der Waals surface area contributed by atoms with Crippen LogP contribution in [0.5, 0.6) is 5.75 Å². The molecule has 0 radical (unpaired) electrons. The number of aromatic carboxylic acids is 1. The third-order valence-electron chi connectivity index (χ3n) is 2.46. The molecule has 1 aromatic carbocycles. The molecule has 8 nitrogen and oxygen atoms in total. The number of rotatable bonds is 8. The van der Waals surface area contributed by atoms with Crippen LogP contribution >= 0.6 is 0 Å². The Morgan fingerprint density at radius 3 is 2.57 bits per heavy atom. The van der Waals surface area contributed by atoms with Crippen molar-refractivity contribution in [2.24, 2.45) is 0 Å². The second-order valence-electron chi connectivity index (χ2n) is 4.56. The van der Waals surface area contributed by atoms with Gasteiger partial charge in [0, 0.05) is 6.07 Å². The minimum absolute atomic E-state index is 0.0132. The highest BCUT2D eigenvalue weighted by molar-refractivity contribution is 5.92. The monoisotopic (exact) mass is 299 g/mol. The van der Waals surface area contributed by atoms with E-state index in [-0.39, 0.29) is 30.6 Å². The van der Waals surface area contributed by atoms with Crippen LogP contribution in [0.1, 0.15) is 24.2 Å². The molecule has 0 bridgehead atoms. The molecular formula is C13H17NO7. The van der Waals surface area contributed by atoms with Gasteiger partial charge in [0.1, 0.15) is 18.3 Å². The van der Waals surface area contributed by atoms with Crippen molar-refractivity contribution in [3.63, 3.8) is 0 Å². The van der Waals surface area contributed by atoms with Crippen molar-refractivity contribution in [2.45, 2.75) is 26.1 Å². The molecule has 0 amide bonds. The van der Waals surface area contributed by atoms with Crippen molar-refractivity contribution in [3.05, 3.63) is 33.9 Å². The fourth-order valence-corrected chi connectivity index (χ4v) is 1.52. The Hall–Kier alpha value is -2.19. The number of nitrogens with zero attached hydrogens (tertiary/aromatic N) is 1. The van der Waals surface area contributed by atoms with Crippen LogP contribution in [0.25, 0.3) is 0 Å². The van der Waals surface area contributed by atoms with E-state index in [1.165, 1.54) is 12.1 Å². The second kappa shape index (κ2) is 7.55. The van der Waals surface area contributed by atoms with E-state index in [1.807, 2.05) is 0 Å². The fraction of sp³-hybridized carbons (Fsp3) is 0.462. The smallest absolute Gasteiger partial charge is 0.339 e. The highest BCUT2D eigenvalue weighted by Gasteiger charge is 2.23. The number of nitro benzene ring substituents is 1. The first kappa shape index (κ1) is 16.9. The van der Waals surface area contributed by atoms with Gasteiger partial charge in [-0.05, 0) is 19.9 Å². The van der Waals surface area contributed by atoms with Crippen molar-refractivity contribution in [3.8, 4) is 5.75 Å². The summed E-state index contributed by atoms with van der Waals surface area (Å²) in [5.41, 5.74) is -0.798. The molecule has 0 aliphatic heterocycles. The van der Waals surface area contributed by atoms with Crippen LogP contribution in [0.3, 0.4) is 0 Å². The van der Waals surface area contributed by atoms with E-state index in [2.05, 4.69) is 0 Å². The number of carbonyl (C=O) groups is 1. The standard InChI is InChI=1S/C13H17NO7/c1-8(2)20-6-9(15)7-21-12-10(13(16)17)4-3-5-11(12)14(18)19/h3-5,8-9,15H,6-7H2,1-2H3,(H,16,17). The van der Waals surface area contributed by atoms with E-state index >= 15 is 0 Å². The average Bonchev–Trinajstić information content (AvgIpc) is 2.42. The van der Waals surface area contributed by atoms with Gasteiger partial charge >= 0.3 is 11.7 Å². The molecular weight excluding hydrogens is 282 g/mol. The maximum atomic E-state index is 11.1. The minimum Gasteiger partial charge on any atom is -0.483 e. The topological polar surface area (TPSA) is 119 Å². The molecule has 21 heavy (non-hydrogen) atoms. The number of aliphatic hydroxyl groups is 1. The molecule has 116 valence electrons. The van der Waals surface area contributed by atoms with Gasteiger partial charge in [0.2, 0.25) is 5.75 Å². The van der Waals surface area contributed by atoms with Crippen molar-refractivity contribution in [2.75, 3.05) is 13.2 Å². The molecule has 8 heteroatoms. The summed E-state index contributed by atoms with van der Waals surface area (Å²) in [6, 6.07) is 3.59. The van der Waals surface area contributed by atoms with Gasteiger partial charge in [-0.15, -0.1) is 0 Å². The van der Waals surface area contributed by atoms with E-state index in [4.69, 9.17) is 14.6 Å². The lowest BCUT2D eigenvalue weighted by molar-refractivity contribution is -0.386. The van der Waals surface area contributed by atoms with E-state index in [0.29, 0.717) is 0 Å². The number of nitro groups is 1. The van der Waals surface area contributed by atoms with Crippen LogP contribution < -0.4 is 4.74 Å². The zero-order valence-corrected chi connectivity index (χ0v) is 11.7. The lowest BCUT2D eigenvalue weighted by Gasteiger charge is -2.15. The Morgan fingerprint density at radius 2 is 2.05 bits per heavy atom. The van der Waals surface area contributed by atoms with Gasteiger partial charge < -0.3 is 19.7 Å². The van der Waals surface area contributed by atoms with Gasteiger partial charge in [-0.25, -0.2) is 4.79 Å². The largest absolute Gasteiger partial charge is 0.483 e. The van der Waals surface area contributed by atoms with Crippen molar-refractivity contribution < 1.29 is 29.4 Å². The molecule has 1 atom stereocenters. The molecule has 0 saturated carbocycles. The summed E-state index contributed by atoms with van der Waals surface area (Å²) in [7, 11) is 0. The first-order chi connectivity index (χ1) is 9.82. The predicted molar refractivity (Wildman–Crippen MR) is 72.6 cm³/mol. The molecule has 1 aromatic rings. The summed E-state index contributed by atoms with van der Waals surface area (Å²) in [6.45, 7) is 3.26. The molecule has 0 spiro atoms. The van der Waals surface area contributed by atoms with Crippen molar-refractivity contribution in [1.29, 1.82) is 0 Å². The minimum atomic E-state index is -1.35. The number of benzene rings is 1. The Balaban J connectivity index is 2.85. The molecule has 0 aliphatic rings. The summed E-state index contributed by atoms with van der Waals surface area (Å²) in [4.78, 5) is 21.2. The first-order valence-electron chi connectivity index (χ1n) is 6.26. The predicted octanol–water partition coefficient (Wildman–Crippen LogP) is 1.46. The van der Waals surface area contributed by atoms with Crippen molar-refractivity contribution in [1.82, 2.24) is 0 Å². The molecule has 1 unspecified atom stereocenters. The molecule has 0 saturated heterocycles. The summed E-state index contributed by atoms with van der Waals surface area (Å²) in [5, 5.41) is 29.6. The van der Waals surface area contributed by atoms with Gasteiger partial charge in [0.05, 0.1) is 17.6 Å². The van der Waals surface area contributed by atoms with Crippen LogP contribution in [0.2, 0.25) is 0 Å². The molecule has 0 aromatic heterocycles. The molecule has 2 N–H and O–H groups in total. The number of carboxylic acids is 1. The zero-order valence-electron chi connectivity index (χ0n) is 11.7. The maximum Gasteiger partial charge on any atom is 0.339 e. The lowest BCUT2D eigenvalue weighted by atomic mass is 10.1. The van der Waals surface area contributed by atoms with Gasteiger partial charge in [-0.3, -0.25) is 10.1 Å². The molecule has 1 rings (SSSR count). The Labute approximate surface area is 121 Å². The van der Waals surface area contributed by atoms with Gasteiger partial charge in [-0.2, -0.15) is 0 Å². The lowest BCUT2D eigenvalue weighted by Crippen LogP contribution is -2.25. The Morgan fingerprint density at radius 1 is 1.38 bits per heavy atom. The third kappa shape index (κ3) is 5.01. The van der Waals surface area contributed by atoms with Crippen LogP contribution in [-0.2, 0) is 4.74 Å². The van der Waals surface area contributed by atoms with Gasteiger partial charge in [0.15, 0.2) is 0 Å². The Bertz CT molecular complexity index is 483. The van der Waals surface area contributed by atoms with E-state index < -0.39 is 22.7 Å². The molecule has 0 aliphatic carbocycles. The number of aliphatic hydroxyl groups excluding tert-OH is 1. The number of carboxylic acid groups (broad SMARTS) is 1. The number of hydrogen-bond donors (Lipinski definition) is 2. The van der Waals surface area contributed by atoms with Crippen molar-refractivity contribution >= 4 is 11.7 Å². The number of hydrogen-bond acceptors (Lipinski definition) is 6. The maximum absolute atomic E-state index is 11.1. The van der Waals surface area contributed by atoms with Crippen LogP contribution in [0.4, 0.5) is 5.69 Å². The van der Waals surface area contributed by atoms with Crippen LogP contribution in [0.15, 0.2) is 18.2 Å². The number of ether oxygens (including phenoxy) is 2. The highest BCUT2D eigenvalue weighted by Crippen LogP contribution is 2.31. The summed E-state index contributed by atoms with van der Waals surface area (Å²) in [6.07, 6.45) is -1.10. The molecule has 0 heterocycles. The van der Waals surface area contributed by atoms with Gasteiger partial charge in [0.25, 0.3) is 0 Å².